The molecule has 1 aromatic carbocycles. The van der Waals surface area contributed by atoms with Crippen LogP contribution in [0.1, 0.15) is 20.7 Å². The van der Waals surface area contributed by atoms with Gasteiger partial charge < -0.3 is 0 Å². The van der Waals surface area contributed by atoms with Gasteiger partial charge in [0.1, 0.15) is 5.15 Å². The van der Waals surface area contributed by atoms with Gasteiger partial charge in [0.05, 0.1) is 11.1 Å². The third-order valence-electron chi connectivity index (χ3n) is 2.67. The normalized spacial score (nSPS) is 14.3. The van der Waals surface area contributed by atoms with Crippen molar-refractivity contribution in [2.45, 2.75) is 0 Å². The fourth-order valence-electron chi connectivity index (χ4n) is 1.89. The van der Waals surface area contributed by atoms with Crippen molar-refractivity contribution in [3.8, 4) is 0 Å². The third kappa shape index (κ3) is 1.31. The van der Waals surface area contributed by atoms with E-state index in [0.717, 1.165) is 5.01 Å². The summed E-state index contributed by atoms with van der Waals surface area (Å²) in [5.74, 6) is -0.715. The molecule has 3 rings (SSSR count). The number of imide groups is 1. The Bertz CT molecular complexity index is 598. The van der Waals surface area contributed by atoms with Crippen molar-refractivity contribution in [2.75, 3.05) is 5.01 Å². The Hall–Kier alpha value is -2.07. The number of carbonyl (C=O) groups is 2. The second kappa shape index (κ2) is 3.46. The summed E-state index contributed by atoms with van der Waals surface area (Å²) in [5, 5.41) is 1.35. The van der Waals surface area contributed by atoms with Gasteiger partial charge in [-0.3, -0.25) is 9.59 Å². The molecule has 84 valence electrons. The van der Waals surface area contributed by atoms with Crippen molar-refractivity contribution in [3.63, 3.8) is 0 Å². The molecule has 0 N–H and O–H groups in total. The summed E-state index contributed by atoms with van der Waals surface area (Å²) >= 11 is 5.91. The third-order valence-corrected chi connectivity index (χ3v) is 2.97. The number of nitrogens with zero attached hydrogens (tertiary/aromatic N) is 2. The van der Waals surface area contributed by atoms with Gasteiger partial charge in [-0.25, -0.2) is 4.68 Å². The van der Waals surface area contributed by atoms with Gasteiger partial charge in [-0.1, -0.05) is 23.7 Å². The largest absolute Gasteiger partial charge is 0.281 e. The Morgan fingerprint density at radius 3 is 1.94 bits per heavy atom. The molecule has 17 heavy (non-hydrogen) atoms. The van der Waals surface area contributed by atoms with Crippen molar-refractivity contribution >= 4 is 23.4 Å². The van der Waals surface area contributed by atoms with Crippen LogP contribution in [0.3, 0.4) is 0 Å². The standard InChI is InChI=1S/C12H7ClN2O2/c13-10-6-3-7-14(10)15-11(16)8-4-1-2-5-9(8)12(15)17/h1-7H. The van der Waals surface area contributed by atoms with Crippen LogP contribution in [-0.4, -0.2) is 16.5 Å². The van der Waals surface area contributed by atoms with E-state index in [1.54, 1.807) is 42.6 Å². The maximum Gasteiger partial charge on any atom is 0.281 e. The first-order chi connectivity index (χ1) is 8.20. The average Bonchev–Trinajstić information content (AvgIpc) is 2.84. The van der Waals surface area contributed by atoms with Gasteiger partial charge in [0, 0.05) is 6.20 Å². The summed E-state index contributed by atoms with van der Waals surface area (Å²) in [4.78, 5) is 24.2. The summed E-state index contributed by atoms with van der Waals surface area (Å²) in [7, 11) is 0. The number of hydrogen-bond donors (Lipinski definition) is 0. The summed E-state index contributed by atoms with van der Waals surface area (Å²) in [6.07, 6.45) is 1.57. The molecule has 0 atom stereocenters. The van der Waals surface area contributed by atoms with Gasteiger partial charge in [0.15, 0.2) is 0 Å². The number of carbonyl (C=O) groups excluding carboxylic acids is 2. The quantitative estimate of drug-likeness (QED) is 0.723. The monoisotopic (exact) mass is 246 g/mol. The zero-order valence-electron chi connectivity index (χ0n) is 8.63. The van der Waals surface area contributed by atoms with Gasteiger partial charge in [0.2, 0.25) is 0 Å². The van der Waals surface area contributed by atoms with Crippen LogP contribution in [0.25, 0.3) is 0 Å². The molecule has 2 aromatic rings. The lowest BCUT2D eigenvalue weighted by molar-refractivity contribution is 0.0886. The molecule has 2 amide bonds. The minimum atomic E-state index is -0.358. The van der Waals surface area contributed by atoms with E-state index in [1.165, 1.54) is 4.68 Å². The molecule has 4 nitrogen and oxygen atoms in total. The first kappa shape index (κ1) is 10.1. The molecule has 0 unspecified atom stereocenters. The molecular formula is C12H7ClN2O2. The highest BCUT2D eigenvalue weighted by Gasteiger charge is 2.37. The maximum absolute atomic E-state index is 12.1. The molecule has 0 bridgehead atoms. The molecule has 0 aliphatic carbocycles. The number of benzene rings is 1. The van der Waals surface area contributed by atoms with Crippen LogP contribution in [0, 0.1) is 0 Å². The fraction of sp³-hybridized carbons (Fsp3) is 0. The molecule has 0 saturated heterocycles. The van der Waals surface area contributed by atoms with Crippen LogP contribution in [0.5, 0.6) is 0 Å². The smallest absolute Gasteiger partial charge is 0.267 e. The minimum Gasteiger partial charge on any atom is -0.267 e. The highest BCUT2D eigenvalue weighted by Crippen LogP contribution is 2.23. The Morgan fingerprint density at radius 1 is 0.882 bits per heavy atom. The lowest BCUT2D eigenvalue weighted by atomic mass is 10.1. The average molecular weight is 247 g/mol. The van der Waals surface area contributed by atoms with E-state index in [2.05, 4.69) is 0 Å². The molecule has 0 fully saturated rings. The van der Waals surface area contributed by atoms with Gasteiger partial charge >= 0.3 is 0 Å². The van der Waals surface area contributed by atoms with Gasteiger partial charge in [-0.15, -0.1) is 0 Å². The van der Waals surface area contributed by atoms with Crippen molar-refractivity contribution in [1.82, 2.24) is 4.68 Å². The van der Waals surface area contributed by atoms with E-state index in [0.29, 0.717) is 16.3 Å². The van der Waals surface area contributed by atoms with E-state index >= 15 is 0 Å². The Kier molecular flexibility index (Phi) is 2.06. The second-order valence-electron chi connectivity index (χ2n) is 3.64. The van der Waals surface area contributed by atoms with E-state index in [-0.39, 0.29) is 11.8 Å². The van der Waals surface area contributed by atoms with Crippen LogP contribution < -0.4 is 5.01 Å². The second-order valence-corrected chi connectivity index (χ2v) is 4.03. The maximum atomic E-state index is 12.1. The van der Waals surface area contributed by atoms with Crippen LogP contribution in [0.2, 0.25) is 5.15 Å². The molecule has 0 radical (unpaired) electrons. The topological polar surface area (TPSA) is 42.3 Å². The number of rotatable bonds is 1. The summed E-state index contributed by atoms with van der Waals surface area (Å²) < 4.78 is 1.34. The van der Waals surface area contributed by atoms with Crippen molar-refractivity contribution in [2.24, 2.45) is 0 Å². The van der Waals surface area contributed by atoms with E-state index in [1.807, 2.05) is 0 Å². The number of aromatic nitrogens is 1. The Morgan fingerprint density at radius 2 is 1.47 bits per heavy atom. The predicted molar refractivity (Wildman–Crippen MR) is 62.8 cm³/mol. The first-order valence-electron chi connectivity index (χ1n) is 5.01. The highest BCUT2D eigenvalue weighted by atomic mass is 35.5. The lowest BCUT2D eigenvalue weighted by Crippen LogP contribution is -2.39. The van der Waals surface area contributed by atoms with E-state index < -0.39 is 0 Å². The van der Waals surface area contributed by atoms with E-state index in [4.69, 9.17) is 11.6 Å². The zero-order chi connectivity index (χ0) is 12.0. The van der Waals surface area contributed by atoms with Crippen molar-refractivity contribution < 1.29 is 9.59 Å². The van der Waals surface area contributed by atoms with Crippen molar-refractivity contribution in [3.05, 3.63) is 58.9 Å². The van der Waals surface area contributed by atoms with Crippen LogP contribution >= 0.6 is 11.6 Å². The first-order valence-corrected chi connectivity index (χ1v) is 5.39. The molecule has 5 heteroatoms. The summed E-state index contributed by atoms with van der Waals surface area (Å²) in [6.45, 7) is 0. The Labute approximate surface area is 102 Å². The summed E-state index contributed by atoms with van der Waals surface area (Å²) in [5.41, 5.74) is 0.810. The van der Waals surface area contributed by atoms with Crippen LogP contribution in [0.15, 0.2) is 42.6 Å². The minimum absolute atomic E-state index is 0.319. The molecule has 0 spiro atoms. The highest BCUT2D eigenvalue weighted by molar-refractivity contribution is 6.33. The summed E-state index contributed by atoms with van der Waals surface area (Å²) in [6, 6.07) is 10.0. The van der Waals surface area contributed by atoms with Crippen LogP contribution in [0.4, 0.5) is 0 Å². The van der Waals surface area contributed by atoms with Crippen molar-refractivity contribution in [1.29, 1.82) is 0 Å². The molecule has 1 aliphatic heterocycles. The predicted octanol–water partition coefficient (Wildman–Crippen LogP) is 2.07. The molecular weight excluding hydrogens is 240 g/mol. The molecule has 1 aliphatic rings. The fourth-order valence-corrected chi connectivity index (χ4v) is 2.09. The van der Waals surface area contributed by atoms with E-state index in [9.17, 15) is 9.59 Å². The van der Waals surface area contributed by atoms with Gasteiger partial charge in [-0.2, -0.15) is 5.01 Å². The SMILES string of the molecule is O=C1c2ccccc2C(=O)N1n1cccc1Cl. The van der Waals surface area contributed by atoms with Gasteiger partial charge in [-0.05, 0) is 24.3 Å². The number of halogens is 1. The number of hydrogen-bond acceptors (Lipinski definition) is 2. The molecule has 1 aromatic heterocycles. The number of fused-ring (bicyclic) bond motifs is 1. The van der Waals surface area contributed by atoms with Gasteiger partial charge in [0.25, 0.3) is 11.8 Å². The molecule has 0 saturated carbocycles. The Balaban J connectivity index is 2.16. The van der Waals surface area contributed by atoms with Crippen LogP contribution in [-0.2, 0) is 0 Å². The zero-order valence-corrected chi connectivity index (χ0v) is 9.39. The number of amides is 2. The lowest BCUT2D eigenvalue weighted by Gasteiger charge is -2.15. The molecule has 2 heterocycles.